The average molecular weight is 579 g/mol. The number of rotatable bonds is 3. The Kier molecular flexibility index (Phi) is 7.89. The molecule has 0 unspecified atom stereocenters. The summed E-state index contributed by atoms with van der Waals surface area (Å²) in [6, 6.07) is 48.5. The van der Waals surface area contributed by atoms with Crippen LogP contribution in [0, 0.1) is 20.8 Å². The molecule has 0 saturated heterocycles. The van der Waals surface area contributed by atoms with E-state index in [1.807, 2.05) is 0 Å². The number of benzene rings is 7. The summed E-state index contributed by atoms with van der Waals surface area (Å²) in [7, 11) is 0. The van der Waals surface area contributed by atoms with Crippen molar-refractivity contribution in [1.29, 1.82) is 0 Å². The highest BCUT2D eigenvalue weighted by Gasteiger charge is 2.14. The molecule has 0 aliphatic heterocycles. The van der Waals surface area contributed by atoms with Crippen molar-refractivity contribution in [1.82, 2.24) is 0 Å². The van der Waals surface area contributed by atoms with E-state index in [0.717, 1.165) is 12.8 Å². The van der Waals surface area contributed by atoms with Crippen LogP contribution in [0.4, 0.5) is 0 Å². The molecule has 7 aromatic rings. The van der Waals surface area contributed by atoms with Crippen molar-refractivity contribution < 1.29 is 0 Å². The summed E-state index contributed by atoms with van der Waals surface area (Å²) in [6.45, 7) is 6.55. The number of fused-ring (bicyclic) bond motifs is 3. The van der Waals surface area contributed by atoms with E-state index < -0.39 is 0 Å². The molecule has 0 N–H and O–H groups in total. The Morgan fingerprint density at radius 2 is 1.13 bits per heavy atom. The third-order valence-electron chi connectivity index (χ3n) is 9.09. The van der Waals surface area contributed by atoms with Crippen LogP contribution in [0.2, 0.25) is 0 Å². The van der Waals surface area contributed by atoms with Crippen molar-refractivity contribution in [3.05, 3.63) is 174 Å². The lowest BCUT2D eigenvalue weighted by Crippen LogP contribution is -1.92. The molecular weight excluding hydrogens is 540 g/mol. The van der Waals surface area contributed by atoms with Gasteiger partial charge in [-0.1, -0.05) is 151 Å². The summed E-state index contributed by atoms with van der Waals surface area (Å²) in [4.78, 5) is 0. The molecule has 0 heteroatoms. The van der Waals surface area contributed by atoms with Crippen LogP contribution in [0.3, 0.4) is 0 Å². The maximum Gasteiger partial charge on any atom is -0.00732 e. The van der Waals surface area contributed by atoms with E-state index in [2.05, 4.69) is 172 Å². The molecule has 0 bridgehead atoms. The Morgan fingerprint density at radius 3 is 1.93 bits per heavy atom. The predicted octanol–water partition coefficient (Wildman–Crippen LogP) is 12.8. The second-order valence-corrected chi connectivity index (χ2v) is 12.2. The van der Waals surface area contributed by atoms with E-state index in [-0.39, 0.29) is 0 Å². The van der Waals surface area contributed by atoms with E-state index in [9.17, 15) is 0 Å². The molecule has 7 aromatic carbocycles. The van der Waals surface area contributed by atoms with Crippen LogP contribution in [-0.4, -0.2) is 0 Å². The molecule has 45 heavy (non-hydrogen) atoms. The van der Waals surface area contributed by atoms with E-state index in [0.29, 0.717) is 0 Å². The van der Waals surface area contributed by atoms with Gasteiger partial charge in [0.15, 0.2) is 0 Å². The van der Waals surface area contributed by atoms with E-state index >= 15 is 0 Å². The molecule has 1 aliphatic rings. The Bertz CT molecular complexity index is 2240. The molecule has 8 rings (SSSR count). The summed E-state index contributed by atoms with van der Waals surface area (Å²) < 4.78 is 0. The zero-order chi connectivity index (χ0) is 30.8. The van der Waals surface area contributed by atoms with Crippen LogP contribution >= 0.6 is 0 Å². The van der Waals surface area contributed by atoms with Gasteiger partial charge in [0.05, 0.1) is 0 Å². The number of aryl methyl sites for hydroxylation is 3. The van der Waals surface area contributed by atoms with Crippen molar-refractivity contribution in [2.24, 2.45) is 0 Å². The van der Waals surface area contributed by atoms with Gasteiger partial charge in [-0.25, -0.2) is 0 Å². The topological polar surface area (TPSA) is 0 Å². The fourth-order valence-electron chi connectivity index (χ4n) is 6.73. The van der Waals surface area contributed by atoms with Gasteiger partial charge in [0.2, 0.25) is 0 Å². The van der Waals surface area contributed by atoms with E-state index in [4.69, 9.17) is 0 Å². The summed E-state index contributed by atoms with van der Waals surface area (Å²) in [6.07, 6.45) is 9.19. The standard InChI is InChI=1S/C34H28.C11H10/c1-23-10-6-7-13-28(23)34-24(2)16-17-26-18-19-27(22-33(26)34)30-21-20-29(25-11-4-3-5-12-25)31-14-8-9-15-32(30)31;1-9-6-7-10-4-2-3-5-11(10)8-9/h4,6-22H,3,5H2,1-2H3;2-8H,1H3. The van der Waals surface area contributed by atoms with Crippen LogP contribution in [0.1, 0.15) is 35.1 Å². The molecule has 0 saturated carbocycles. The molecule has 0 nitrogen and oxygen atoms in total. The maximum absolute atomic E-state index is 2.39. The van der Waals surface area contributed by atoms with Crippen molar-refractivity contribution in [3.63, 3.8) is 0 Å². The molecule has 218 valence electrons. The Labute approximate surface area is 267 Å². The summed E-state index contributed by atoms with van der Waals surface area (Å²) in [5.41, 5.74) is 11.8. The van der Waals surface area contributed by atoms with Gasteiger partial charge in [0.25, 0.3) is 0 Å². The highest BCUT2D eigenvalue weighted by atomic mass is 14.2. The van der Waals surface area contributed by atoms with Gasteiger partial charge in [-0.05, 0) is 117 Å². The fourth-order valence-corrected chi connectivity index (χ4v) is 6.73. The molecule has 0 heterocycles. The average Bonchev–Trinajstić information content (AvgIpc) is 3.09. The second-order valence-electron chi connectivity index (χ2n) is 12.2. The van der Waals surface area contributed by atoms with Gasteiger partial charge in [0.1, 0.15) is 0 Å². The smallest absolute Gasteiger partial charge is 0.00732 e. The first-order chi connectivity index (χ1) is 22.1. The maximum atomic E-state index is 2.39. The second kappa shape index (κ2) is 12.4. The molecule has 0 fully saturated rings. The number of allylic oxidation sites excluding steroid dienone is 4. The lowest BCUT2D eigenvalue weighted by molar-refractivity contribution is 1.04. The van der Waals surface area contributed by atoms with Crippen molar-refractivity contribution >= 4 is 37.9 Å². The Hall–Kier alpha value is -5.20. The van der Waals surface area contributed by atoms with Gasteiger partial charge in [-0.15, -0.1) is 0 Å². The number of hydrogen-bond donors (Lipinski definition) is 0. The zero-order valence-electron chi connectivity index (χ0n) is 26.3. The SMILES string of the molecule is Cc1ccc2ccccc2c1.Cc1ccccc1-c1c(C)ccc2ccc(-c3ccc(C4=CCCC=C4)c4ccccc34)cc12. The monoisotopic (exact) mass is 578 g/mol. The van der Waals surface area contributed by atoms with Crippen LogP contribution in [0.25, 0.3) is 60.1 Å². The van der Waals surface area contributed by atoms with Crippen LogP contribution < -0.4 is 0 Å². The first-order valence-corrected chi connectivity index (χ1v) is 16.0. The summed E-state index contributed by atoms with van der Waals surface area (Å²) in [5.74, 6) is 0. The minimum absolute atomic E-state index is 1.12. The zero-order valence-corrected chi connectivity index (χ0v) is 26.3. The third-order valence-corrected chi connectivity index (χ3v) is 9.09. The van der Waals surface area contributed by atoms with Gasteiger partial charge in [-0.2, -0.15) is 0 Å². The molecule has 0 aromatic heterocycles. The molecular formula is C45H38. The highest BCUT2D eigenvalue weighted by molar-refractivity contribution is 6.07. The molecule has 0 spiro atoms. The lowest BCUT2D eigenvalue weighted by Gasteiger charge is -2.16. The first kappa shape index (κ1) is 28.6. The fraction of sp³-hybridized carbons (Fsp3) is 0.111. The van der Waals surface area contributed by atoms with Crippen LogP contribution in [0.15, 0.2) is 152 Å². The van der Waals surface area contributed by atoms with Crippen molar-refractivity contribution in [3.8, 4) is 22.3 Å². The minimum atomic E-state index is 1.12. The Balaban J connectivity index is 0.000000249. The third kappa shape index (κ3) is 5.73. The van der Waals surface area contributed by atoms with Gasteiger partial charge >= 0.3 is 0 Å². The highest BCUT2D eigenvalue weighted by Crippen LogP contribution is 2.39. The number of hydrogen-bond acceptors (Lipinski definition) is 0. The van der Waals surface area contributed by atoms with Crippen LogP contribution in [-0.2, 0) is 0 Å². The van der Waals surface area contributed by atoms with Crippen molar-refractivity contribution in [2.45, 2.75) is 33.6 Å². The quantitative estimate of drug-likeness (QED) is 0.196. The summed E-state index contributed by atoms with van der Waals surface area (Å²) >= 11 is 0. The normalized spacial score (nSPS) is 12.6. The van der Waals surface area contributed by atoms with Gasteiger partial charge in [0, 0.05) is 0 Å². The molecule has 1 aliphatic carbocycles. The molecule has 0 atom stereocenters. The predicted molar refractivity (Wildman–Crippen MR) is 197 cm³/mol. The Morgan fingerprint density at radius 1 is 0.444 bits per heavy atom. The lowest BCUT2D eigenvalue weighted by atomic mass is 9.87. The van der Waals surface area contributed by atoms with Gasteiger partial charge < -0.3 is 0 Å². The van der Waals surface area contributed by atoms with Gasteiger partial charge in [-0.3, -0.25) is 0 Å². The molecule has 0 amide bonds. The first-order valence-electron chi connectivity index (χ1n) is 16.0. The largest absolute Gasteiger partial charge is 0.0836 e. The van der Waals surface area contributed by atoms with E-state index in [1.54, 1.807) is 0 Å². The van der Waals surface area contributed by atoms with Crippen molar-refractivity contribution in [2.75, 3.05) is 0 Å². The summed E-state index contributed by atoms with van der Waals surface area (Å²) in [5, 5.41) is 7.88. The van der Waals surface area contributed by atoms with Crippen LogP contribution in [0.5, 0.6) is 0 Å². The molecule has 0 radical (unpaired) electrons. The van der Waals surface area contributed by atoms with E-state index in [1.165, 1.54) is 82.4 Å². The minimum Gasteiger partial charge on any atom is -0.0836 e.